The average Bonchev–Trinajstić information content (AvgIpc) is 3.18. The van der Waals surface area contributed by atoms with Crippen LogP contribution in [0.4, 0.5) is 5.69 Å². The second-order valence-corrected chi connectivity index (χ2v) is 9.70. The van der Waals surface area contributed by atoms with E-state index in [1.807, 2.05) is 19.1 Å². The van der Waals surface area contributed by atoms with E-state index in [1.165, 1.54) is 11.3 Å². The molecular formula is C17H14BrClN4O2S2. The van der Waals surface area contributed by atoms with Gasteiger partial charge in [-0.2, -0.15) is 5.10 Å². The molecule has 3 rings (SSSR count). The van der Waals surface area contributed by atoms with Gasteiger partial charge in [0.15, 0.2) is 5.17 Å². The summed E-state index contributed by atoms with van der Waals surface area (Å²) in [6.07, 6.45) is 0.0584. The van der Waals surface area contributed by atoms with Crippen molar-refractivity contribution in [2.24, 2.45) is 15.9 Å². The van der Waals surface area contributed by atoms with Gasteiger partial charge in [-0.3, -0.25) is 9.59 Å². The molecule has 1 aliphatic rings. The first kappa shape index (κ1) is 20.1. The van der Waals surface area contributed by atoms with Crippen molar-refractivity contribution in [1.82, 2.24) is 0 Å². The number of thiophene rings is 1. The van der Waals surface area contributed by atoms with Gasteiger partial charge in [0.1, 0.15) is 5.25 Å². The molecule has 1 aromatic carbocycles. The molecule has 0 spiro atoms. The zero-order valence-electron chi connectivity index (χ0n) is 14.1. The highest BCUT2D eigenvalue weighted by Gasteiger charge is 2.40. The van der Waals surface area contributed by atoms with Crippen LogP contribution in [0.3, 0.4) is 0 Å². The van der Waals surface area contributed by atoms with Gasteiger partial charge in [0.05, 0.1) is 20.1 Å². The Morgan fingerprint density at radius 3 is 2.59 bits per heavy atom. The van der Waals surface area contributed by atoms with E-state index in [0.29, 0.717) is 16.4 Å². The van der Waals surface area contributed by atoms with E-state index in [2.05, 4.69) is 26.1 Å². The van der Waals surface area contributed by atoms with Gasteiger partial charge in [-0.15, -0.1) is 16.4 Å². The molecule has 0 saturated carbocycles. The van der Waals surface area contributed by atoms with E-state index in [0.717, 1.165) is 25.3 Å². The van der Waals surface area contributed by atoms with Crippen molar-refractivity contribution < 1.29 is 9.59 Å². The number of nitrogens with zero attached hydrogens (tertiary/aromatic N) is 3. The lowest BCUT2D eigenvalue weighted by molar-refractivity contribution is -0.121. The summed E-state index contributed by atoms with van der Waals surface area (Å²) in [6.45, 7) is 1.83. The SMILES string of the molecule is C/C(=N\N=C(/N)SC1CC(=O)N(c2ccc(Cl)cc2)C1=O)c1ccc(Br)s1. The maximum Gasteiger partial charge on any atom is 0.247 e. The van der Waals surface area contributed by atoms with Gasteiger partial charge in [0.25, 0.3) is 0 Å². The first-order valence-corrected chi connectivity index (χ1v) is 10.6. The Balaban J connectivity index is 1.69. The average molecular weight is 486 g/mol. The largest absolute Gasteiger partial charge is 0.377 e. The van der Waals surface area contributed by atoms with Crippen LogP contribution in [0, 0.1) is 0 Å². The van der Waals surface area contributed by atoms with Crippen molar-refractivity contribution in [3.63, 3.8) is 0 Å². The Morgan fingerprint density at radius 2 is 1.96 bits per heavy atom. The molecule has 2 aromatic rings. The molecule has 1 saturated heterocycles. The summed E-state index contributed by atoms with van der Waals surface area (Å²) in [7, 11) is 0. The van der Waals surface area contributed by atoms with E-state index in [1.54, 1.807) is 24.3 Å². The van der Waals surface area contributed by atoms with Gasteiger partial charge >= 0.3 is 0 Å². The number of anilines is 1. The van der Waals surface area contributed by atoms with Crippen LogP contribution >= 0.6 is 50.6 Å². The van der Waals surface area contributed by atoms with Crippen LogP contribution in [0.25, 0.3) is 0 Å². The number of amidine groups is 1. The molecular weight excluding hydrogens is 472 g/mol. The van der Waals surface area contributed by atoms with Gasteiger partial charge in [0.2, 0.25) is 11.8 Å². The standard InChI is InChI=1S/C17H14BrClN4O2S2/c1-9(12-6-7-14(18)26-12)21-22-17(20)27-13-8-15(24)23(16(13)25)11-4-2-10(19)3-5-11/h2-7,13H,8H2,1H3,(H2,20,22)/b21-9+. The minimum atomic E-state index is -0.622. The van der Waals surface area contributed by atoms with Crippen LogP contribution < -0.4 is 10.6 Å². The number of carbonyl (C=O) groups excluding carboxylic acids is 2. The van der Waals surface area contributed by atoms with Crippen LogP contribution in [0.15, 0.2) is 50.4 Å². The monoisotopic (exact) mass is 484 g/mol. The molecule has 2 amide bonds. The number of imide groups is 1. The number of hydrogen-bond acceptors (Lipinski definition) is 6. The van der Waals surface area contributed by atoms with E-state index in [4.69, 9.17) is 17.3 Å². The molecule has 0 radical (unpaired) electrons. The van der Waals surface area contributed by atoms with Gasteiger partial charge in [-0.25, -0.2) is 4.90 Å². The minimum Gasteiger partial charge on any atom is -0.377 e. The molecule has 27 heavy (non-hydrogen) atoms. The number of rotatable bonds is 4. The molecule has 1 fully saturated rings. The second kappa shape index (κ2) is 8.55. The molecule has 1 unspecified atom stereocenters. The number of carbonyl (C=O) groups is 2. The predicted octanol–water partition coefficient (Wildman–Crippen LogP) is 4.27. The lowest BCUT2D eigenvalue weighted by Gasteiger charge is -2.14. The number of amides is 2. The van der Waals surface area contributed by atoms with E-state index in [-0.39, 0.29) is 23.4 Å². The summed E-state index contributed by atoms with van der Waals surface area (Å²) >= 11 is 11.8. The quantitative estimate of drug-likeness (QED) is 0.303. The lowest BCUT2D eigenvalue weighted by atomic mass is 10.3. The number of thioether (sulfide) groups is 1. The van der Waals surface area contributed by atoms with Crippen molar-refractivity contribution in [3.05, 3.63) is 50.1 Å². The maximum atomic E-state index is 12.6. The predicted molar refractivity (Wildman–Crippen MR) is 116 cm³/mol. The molecule has 0 bridgehead atoms. The fraction of sp³-hybridized carbons (Fsp3) is 0.176. The zero-order valence-corrected chi connectivity index (χ0v) is 18.0. The van der Waals surface area contributed by atoms with Crippen molar-refractivity contribution in [1.29, 1.82) is 0 Å². The van der Waals surface area contributed by atoms with Gasteiger partial charge < -0.3 is 5.73 Å². The summed E-state index contributed by atoms with van der Waals surface area (Å²) in [5, 5.41) is 8.13. The first-order chi connectivity index (χ1) is 12.8. The second-order valence-electron chi connectivity index (χ2n) is 5.58. The summed E-state index contributed by atoms with van der Waals surface area (Å²) in [5.74, 6) is -0.607. The third-order valence-electron chi connectivity index (χ3n) is 3.68. The fourth-order valence-electron chi connectivity index (χ4n) is 2.41. The van der Waals surface area contributed by atoms with Crippen LogP contribution in [0.2, 0.25) is 5.02 Å². The number of benzene rings is 1. The van der Waals surface area contributed by atoms with Gasteiger partial charge in [0, 0.05) is 11.4 Å². The van der Waals surface area contributed by atoms with Crippen molar-refractivity contribution in [2.75, 3.05) is 4.90 Å². The highest BCUT2D eigenvalue weighted by Crippen LogP contribution is 2.30. The number of halogens is 2. The summed E-state index contributed by atoms with van der Waals surface area (Å²) in [4.78, 5) is 27.0. The molecule has 2 N–H and O–H groups in total. The van der Waals surface area contributed by atoms with Crippen LogP contribution in [-0.4, -0.2) is 27.9 Å². The molecule has 1 atom stereocenters. The lowest BCUT2D eigenvalue weighted by Crippen LogP contribution is -2.31. The number of nitrogens with two attached hydrogens (primary N) is 1. The van der Waals surface area contributed by atoms with Crippen LogP contribution in [0.5, 0.6) is 0 Å². The van der Waals surface area contributed by atoms with E-state index >= 15 is 0 Å². The Hall–Kier alpha value is -1.68. The zero-order chi connectivity index (χ0) is 19.6. The molecule has 2 heterocycles. The highest BCUT2D eigenvalue weighted by molar-refractivity contribution is 9.11. The van der Waals surface area contributed by atoms with Gasteiger partial charge in [-0.1, -0.05) is 23.4 Å². The topological polar surface area (TPSA) is 88.1 Å². The summed E-state index contributed by atoms with van der Waals surface area (Å²) < 4.78 is 0.996. The Kier molecular flexibility index (Phi) is 6.36. The molecule has 0 aliphatic carbocycles. The minimum absolute atomic E-state index is 0.0584. The third-order valence-corrected chi connectivity index (χ3v) is 6.64. The molecule has 140 valence electrons. The highest BCUT2D eigenvalue weighted by atomic mass is 79.9. The Labute approximate surface area is 177 Å². The van der Waals surface area contributed by atoms with Crippen LogP contribution in [0.1, 0.15) is 18.2 Å². The third kappa shape index (κ3) is 4.78. The summed E-state index contributed by atoms with van der Waals surface area (Å²) in [5.41, 5.74) is 7.10. The molecule has 6 nitrogen and oxygen atoms in total. The van der Waals surface area contributed by atoms with Crippen molar-refractivity contribution in [3.8, 4) is 0 Å². The number of hydrogen-bond donors (Lipinski definition) is 1. The molecule has 10 heteroatoms. The molecule has 1 aromatic heterocycles. The van der Waals surface area contributed by atoms with Gasteiger partial charge in [-0.05, 0) is 59.3 Å². The van der Waals surface area contributed by atoms with E-state index < -0.39 is 5.25 Å². The normalized spacial score (nSPS) is 18.5. The summed E-state index contributed by atoms with van der Waals surface area (Å²) in [6, 6.07) is 10.4. The Morgan fingerprint density at radius 1 is 1.26 bits per heavy atom. The van der Waals surface area contributed by atoms with Crippen LogP contribution in [-0.2, 0) is 9.59 Å². The molecule has 1 aliphatic heterocycles. The van der Waals surface area contributed by atoms with Crippen molar-refractivity contribution >= 4 is 79.0 Å². The smallest absolute Gasteiger partial charge is 0.247 e. The fourth-order valence-corrected chi connectivity index (χ4v) is 4.67. The van der Waals surface area contributed by atoms with Crippen molar-refractivity contribution in [2.45, 2.75) is 18.6 Å². The first-order valence-electron chi connectivity index (χ1n) is 7.77. The maximum absolute atomic E-state index is 12.6. The Bertz CT molecular complexity index is 943. The van der Waals surface area contributed by atoms with E-state index in [9.17, 15) is 9.59 Å².